The van der Waals surface area contributed by atoms with E-state index < -0.39 is 36.3 Å². The van der Waals surface area contributed by atoms with Crippen molar-refractivity contribution in [2.24, 2.45) is 0 Å². The monoisotopic (exact) mass is 525 g/mol. The van der Waals surface area contributed by atoms with Crippen molar-refractivity contribution in [3.63, 3.8) is 0 Å². The van der Waals surface area contributed by atoms with Crippen molar-refractivity contribution in [1.82, 2.24) is 20.3 Å². The summed E-state index contributed by atoms with van der Waals surface area (Å²) in [4.78, 5) is 24.6. The first-order valence-electron chi connectivity index (χ1n) is 11.7. The van der Waals surface area contributed by atoms with Crippen molar-refractivity contribution in [3.8, 4) is 11.3 Å². The second-order valence-electron chi connectivity index (χ2n) is 8.65. The van der Waals surface area contributed by atoms with E-state index in [2.05, 4.69) is 25.6 Å². The van der Waals surface area contributed by atoms with Crippen LogP contribution in [0.25, 0.3) is 11.3 Å². The third-order valence-electron chi connectivity index (χ3n) is 5.96. The molecule has 0 radical (unpaired) electrons. The summed E-state index contributed by atoms with van der Waals surface area (Å²) in [6.07, 6.45) is -1.35. The summed E-state index contributed by atoms with van der Waals surface area (Å²) in [7, 11) is 0. The van der Waals surface area contributed by atoms with Crippen LogP contribution in [-0.4, -0.2) is 44.3 Å². The molecule has 0 aliphatic carbocycles. The minimum Gasteiger partial charge on any atom is -0.394 e. The Bertz CT molecular complexity index is 1390. The average molecular weight is 526 g/mol. The van der Waals surface area contributed by atoms with Crippen molar-refractivity contribution in [1.29, 1.82) is 0 Å². The van der Waals surface area contributed by atoms with Gasteiger partial charge in [0.05, 0.1) is 36.6 Å². The number of aromatic nitrogens is 3. The number of rotatable bonds is 9. The van der Waals surface area contributed by atoms with Gasteiger partial charge in [0, 0.05) is 18.0 Å². The van der Waals surface area contributed by atoms with E-state index >= 15 is 0 Å². The molecule has 5 N–H and O–H groups in total. The molecule has 1 amide bonds. The maximum atomic E-state index is 13.1. The lowest BCUT2D eigenvalue weighted by Crippen LogP contribution is -2.31. The van der Waals surface area contributed by atoms with E-state index in [-0.39, 0.29) is 23.8 Å². The molecule has 11 heteroatoms. The van der Waals surface area contributed by atoms with Crippen LogP contribution in [0.2, 0.25) is 0 Å². The number of H-pyrrole nitrogens is 1. The number of hydrogen-bond donors (Lipinski definition) is 5. The number of aliphatic hydroxyl groups is 2. The van der Waals surface area contributed by atoms with Crippen LogP contribution < -0.4 is 10.6 Å². The fraction of sp³-hybridized carbons (Fsp3) is 0.222. The number of carbonyl (C=O) groups is 1. The average Bonchev–Trinajstić information content (AvgIpc) is 3.41. The third kappa shape index (κ3) is 6.18. The Hall–Kier alpha value is -4.22. The van der Waals surface area contributed by atoms with Crippen LogP contribution in [-0.2, 0) is 6.18 Å². The zero-order valence-corrected chi connectivity index (χ0v) is 20.3. The van der Waals surface area contributed by atoms with Crippen molar-refractivity contribution in [2.75, 3.05) is 18.5 Å². The van der Waals surface area contributed by atoms with Gasteiger partial charge in [-0.3, -0.25) is 4.79 Å². The number of amides is 1. The molecule has 4 aromatic rings. The van der Waals surface area contributed by atoms with E-state index in [1.54, 1.807) is 18.5 Å². The lowest BCUT2D eigenvalue weighted by molar-refractivity contribution is -0.137. The first kappa shape index (κ1) is 26.8. The van der Waals surface area contributed by atoms with Crippen LogP contribution in [0.4, 0.5) is 19.1 Å². The number of anilines is 1. The molecule has 2 aromatic carbocycles. The van der Waals surface area contributed by atoms with Crippen molar-refractivity contribution in [2.45, 2.75) is 25.2 Å². The Kier molecular flexibility index (Phi) is 8.08. The molecule has 8 nitrogen and oxygen atoms in total. The summed E-state index contributed by atoms with van der Waals surface area (Å²) in [5.74, 6) is -0.326. The second kappa shape index (κ2) is 11.4. The molecule has 2 aromatic heterocycles. The summed E-state index contributed by atoms with van der Waals surface area (Å²) in [5.41, 5.74) is 2.11. The minimum atomic E-state index is -4.55. The molecule has 0 saturated heterocycles. The predicted molar refractivity (Wildman–Crippen MR) is 135 cm³/mol. The Morgan fingerprint density at radius 1 is 1.00 bits per heavy atom. The largest absolute Gasteiger partial charge is 0.416 e. The first-order valence-corrected chi connectivity index (χ1v) is 11.7. The van der Waals surface area contributed by atoms with Gasteiger partial charge in [-0.2, -0.15) is 13.2 Å². The number of halogens is 3. The molecule has 4 rings (SSSR count). The number of aliphatic hydroxyl groups excluding tert-OH is 2. The van der Waals surface area contributed by atoms with Crippen molar-refractivity contribution >= 4 is 11.9 Å². The lowest BCUT2D eigenvalue weighted by atomic mass is 10.0. The van der Waals surface area contributed by atoms with Crippen LogP contribution in [0.3, 0.4) is 0 Å². The van der Waals surface area contributed by atoms with E-state index in [4.69, 9.17) is 0 Å². The maximum Gasteiger partial charge on any atom is 0.416 e. The van der Waals surface area contributed by atoms with Crippen LogP contribution in [0, 0.1) is 6.92 Å². The normalized spacial score (nSPS) is 13.1. The number of aryl methyl sites for hydroxylation is 1. The van der Waals surface area contributed by atoms with Crippen LogP contribution >= 0.6 is 0 Å². The first-order chi connectivity index (χ1) is 18.2. The lowest BCUT2D eigenvalue weighted by Gasteiger charge is -2.18. The van der Waals surface area contributed by atoms with Crippen LogP contribution in [0.1, 0.15) is 44.8 Å². The molecule has 198 valence electrons. The van der Waals surface area contributed by atoms with Gasteiger partial charge in [-0.25, -0.2) is 9.97 Å². The van der Waals surface area contributed by atoms with Crippen molar-refractivity contribution < 1.29 is 28.2 Å². The Labute approximate surface area is 216 Å². The van der Waals surface area contributed by atoms with E-state index in [0.29, 0.717) is 11.3 Å². The van der Waals surface area contributed by atoms with Gasteiger partial charge in [0.15, 0.2) is 0 Å². The summed E-state index contributed by atoms with van der Waals surface area (Å²) >= 11 is 0. The van der Waals surface area contributed by atoms with Gasteiger partial charge in [0.2, 0.25) is 5.95 Å². The predicted octanol–water partition coefficient (Wildman–Crippen LogP) is 4.41. The summed E-state index contributed by atoms with van der Waals surface area (Å²) in [5, 5.41) is 25.2. The van der Waals surface area contributed by atoms with Gasteiger partial charge in [-0.1, -0.05) is 42.5 Å². The van der Waals surface area contributed by atoms with E-state index in [1.807, 2.05) is 37.3 Å². The molecule has 2 atom stereocenters. The molecule has 0 aliphatic rings. The second-order valence-corrected chi connectivity index (χ2v) is 8.65. The fourth-order valence-corrected chi connectivity index (χ4v) is 3.94. The number of alkyl halides is 3. The number of aromatic amines is 1. The molecule has 0 spiro atoms. The highest BCUT2D eigenvalue weighted by molar-refractivity contribution is 5.94. The standard InChI is InChI=1S/C27H26F3N5O3/c1-16-12-32-26(34-22(14-36)17-6-3-2-4-7-17)35-24(16)19-11-21(31-13-19)25(38)33-23(15-37)18-8-5-9-20(10-18)27(28,29)30/h2-13,22-23,31,36-37H,14-15H2,1H3,(H,33,38)(H,32,34,35). The molecule has 2 heterocycles. The van der Waals surface area contributed by atoms with Crippen molar-refractivity contribution in [3.05, 3.63) is 101 Å². The van der Waals surface area contributed by atoms with E-state index in [9.17, 15) is 28.2 Å². The highest BCUT2D eigenvalue weighted by Crippen LogP contribution is 2.31. The molecule has 0 fully saturated rings. The van der Waals surface area contributed by atoms with Crippen LogP contribution in [0.5, 0.6) is 0 Å². The summed E-state index contributed by atoms with van der Waals surface area (Å²) in [6.45, 7) is 1.04. The molecule has 2 unspecified atom stereocenters. The van der Waals surface area contributed by atoms with Gasteiger partial charge in [-0.05, 0) is 41.8 Å². The molecule has 0 aliphatic heterocycles. The number of carbonyl (C=O) groups excluding carboxylic acids is 1. The molecular formula is C27H26F3N5O3. The Morgan fingerprint density at radius 2 is 1.71 bits per heavy atom. The molecular weight excluding hydrogens is 499 g/mol. The fourth-order valence-electron chi connectivity index (χ4n) is 3.94. The van der Waals surface area contributed by atoms with E-state index in [1.165, 1.54) is 12.1 Å². The summed E-state index contributed by atoms with van der Waals surface area (Å²) < 4.78 is 39.2. The molecule has 0 bridgehead atoms. The number of nitrogens with zero attached hydrogens (tertiary/aromatic N) is 2. The molecule has 0 saturated carbocycles. The number of hydrogen-bond acceptors (Lipinski definition) is 6. The minimum absolute atomic E-state index is 0.127. The number of nitrogens with one attached hydrogen (secondary N) is 3. The van der Waals surface area contributed by atoms with Gasteiger partial charge in [-0.15, -0.1) is 0 Å². The summed E-state index contributed by atoms with van der Waals surface area (Å²) in [6, 6.07) is 13.9. The van der Waals surface area contributed by atoms with Gasteiger partial charge >= 0.3 is 6.18 Å². The topological polar surface area (TPSA) is 123 Å². The SMILES string of the molecule is Cc1cnc(NC(CO)c2ccccc2)nc1-c1c[nH]c(C(=O)NC(CO)c2cccc(C(F)(F)F)c2)c1. The van der Waals surface area contributed by atoms with Crippen LogP contribution in [0.15, 0.2) is 73.1 Å². The van der Waals surface area contributed by atoms with E-state index in [0.717, 1.165) is 23.3 Å². The maximum absolute atomic E-state index is 13.1. The van der Waals surface area contributed by atoms with Gasteiger partial charge in [0.25, 0.3) is 5.91 Å². The highest BCUT2D eigenvalue weighted by atomic mass is 19.4. The van der Waals surface area contributed by atoms with Gasteiger partial charge < -0.3 is 25.8 Å². The Morgan fingerprint density at radius 3 is 2.39 bits per heavy atom. The zero-order valence-electron chi connectivity index (χ0n) is 20.3. The van der Waals surface area contributed by atoms with Gasteiger partial charge in [0.1, 0.15) is 5.69 Å². The third-order valence-corrected chi connectivity index (χ3v) is 5.96. The smallest absolute Gasteiger partial charge is 0.394 e. The molecule has 38 heavy (non-hydrogen) atoms. The quantitative estimate of drug-likeness (QED) is 0.221. The number of benzene rings is 2. The zero-order chi connectivity index (χ0) is 27.3. The Balaban J connectivity index is 1.52. The highest BCUT2D eigenvalue weighted by Gasteiger charge is 2.31.